The predicted molar refractivity (Wildman–Crippen MR) is 103 cm³/mol. The molecule has 0 saturated carbocycles. The molecular weight excluding hydrogens is 417 g/mol. The highest BCUT2D eigenvalue weighted by Crippen LogP contribution is 2.38. The SMILES string of the molecule is CCOc1ccc(N(CC(=O)O)S(=O)(=O)c2ccc(OC)c(Cl)c2Cl)cc1. The number of carbonyl (C=O) groups is 1. The molecule has 0 aliphatic rings. The van der Waals surface area contributed by atoms with Crippen LogP contribution in [0.5, 0.6) is 11.5 Å². The second-order valence-corrected chi connectivity index (χ2v) is 7.81. The molecule has 0 bridgehead atoms. The van der Waals surface area contributed by atoms with Crippen LogP contribution in [0.25, 0.3) is 0 Å². The molecule has 2 aromatic rings. The van der Waals surface area contributed by atoms with Crippen molar-refractivity contribution in [1.29, 1.82) is 0 Å². The lowest BCUT2D eigenvalue weighted by atomic mass is 10.3. The molecule has 0 aliphatic carbocycles. The van der Waals surface area contributed by atoms with E-state index in [4.69, 9.17) is 32.7 Å². The first-order valence-electron chi connectivity index (χ1n) is 7.71. The molecule has 0 saturated heterocycles. The van der Waals surface area contributed by atoms with Crippen LogP contribution in [0.1, 0.15) is 6.92 Å². The average Bonchev–Trinajstić information content (AvgIpc) is 2.62. The molecule has 2 rings (SSSR count). The topological polar surface area (TPSA) is 93.1 Å². The third kappa shape index (κ3) is 4.58. The van der Waals surface area contributed by atoms with Gasteiger partial charge in [0.2, 0.25) is 0 Å². The Morgan fingerprint density at radius 3 is 2.26 bits per heavy atom. The number of sulfonamides is 1. The number of benzene rings is 2. The van der Waals surface area contributed by atoms with E-state index in [2.05, 4.69) is 0 Å². The maximum Gasteiger partial charge on any atom is 0.324 e. The second-order valence-electron chi connectivity index (χ2n) is 5.23. The van der Waals surface area contributed by atoms with Crippen LogP contribution in [0.15, 0.2) is 41.3 Å². The van der Waals surface area contributed by atoms with E-state index in [9.17, 15) is 18.3 Å². The van der Waals surface area contributed by atoms with E-state index in [1.54, 1.807) is 12.1 Å². The molecule has 0 radical (unpaired) electrons. The van der Waals surface area contributed by atoms with Gasteiger partial charge in [0.1, 0.15) is 28.0 Å². The first-order chi connectivity index (χ1) is 12.7. The Labute approximate surface area is 167 Å². The van der Waals surface area contributed by atoms with Gasteiger partial charge in [-0.15, -0.1) is 0 Å². The maximum atomic E-state index is 13.1. The van der Waals surface area contributed by atoms with Gasteiger partial charge < -0.3 is 14.6 Å². The van der Waals surface area contributed by atoms with E-state index in [0.717, 1.165) is 4.31 Å². The lowest BCUT2D eigenvalue weighted by Crippen LogP contribution is -2.35. The van der Waals surface area contributed by atoms with Crippen molar-refractivity contribution in [2.45, 2.75) is 11.8 Å². The van der Waals surface area contributed by atoms with Crippen molar-refractivity contribution in [3.8, 4) is 11.5 Å². The summed E-state index contributed by atoms with van der Waals surface area (Å²) >= 11 is 12.2. The molecular formula is C17H17Cl2NO6S. The number of carboxylic acids is 1. The molecule has 0 aromatic heterocycles. The number of anilines is 1. The highest BCUT2D eigenvalue weighted by molar-refractivity contribution is 7.93. The number of hydrogen-bond acceptors (Lipinski definition) is 5. The summed E-state index contributed by atoms with van der Waals surface area (Å²) < 4.78 is 37.3. The van der Waals surface area contributed by atoms with E-state index in [-0.39, 0.29) is 26.4 Å². The van der Waals surface area contributed by atoms with Crippen LogP contribution in [0, 0.1) is 0 Å². The largest absolute Gasteiger partial charge is 0.495 e. The fourth-order valence-corrected chi connectivity index (χ4v) is 4.54. The minimum absolute atomic E-state index is 0.0813. The van der Waals surface area contributed by atoms with Crippen LogP contribution in [-0.2, 0) is 14.8 Å². The second kappa shape index (κ2) is 8.69. The molecule has 1 N–H and O–H groups in total. The summed E-state index contributed by atoms with van der Waals surface area (Å²) in [6, 6.07) is 8.55. The van der Waals surface area contributed by atoms with E-state index in [1.165, 1.54) is 31.4 Å². The summed E-state index contributed by atoms with van der Waals surface area (Å²) in [5, 5.41) is 8.86. The van der Waals surface area contributed by atoms with Crippen LogP contribution in [-0.4, -0.2) is 39.8 Å². The minimum atomic E-state index is -4.31. The maximum absolute atomic E-state index is 13.1. The molecule has 10 heteroatoms. The monoisotopic (exact) mass is 433 g/mol. The number of carboxylic acid groups (broad SMARTS) is 1. The van der Waals surface area contributed by atoms with Crippen LogP contribution >= 0.6 is 23.2 Å². The molecule has 0 amide bonds. The zero-order chi connectivity index (χ0) is 20.2. The third-order valence-corrected chi connectivity index (χ3v) is 6.31. The molecule has 146 valence electrons. The Morgan fingerprint density at radius 1 is 1.11 bits per heavy atom. The summed E-state index contributed by atoms with van der Waals surface area (Å²) in [7, 11) is -2.95. The molecule has 2 aromatic carbocycles. The average molecular weight is 434 g/mol. The van der Waals surface area contributed by atoms with Crippen molar-refractivity contribution < 1.29 is 27.8 Å². The Bertz CT molecular complexity index is 931. The summed E-state index contributed by atoms with van der Waals surface area (Å²) in [6.45, 7) is 1.46. The summed E-state index contributed by atoms with van der Waals surface area (Å²) in [6.07, 6.45) is 0. The smallest absolute Gasteiger partial charge is 0.324 e. The Hall–Kier alpha value is -2.16. The zero-order valence-corrected chi connectivity index (χ0v) is 16.8. The fraction of sp³-hybridized carbons (Fsp3) is 0.235. The standard InChI is InChI=1S/C17H17Cl2NO6S/c1-3-26-12-6-4-11(5-7-12)20(10-15(21)22)27(23,24)14-9-8-13(25-2)16(18)17(14)19/h4-9H,3,10H2,1-2H3,(H,21,22). The van der Waals surface area contributed by atoms with Gasteiger partial charge in [-0.1, -0.05) is 23.2 Å². The number of aliphatic carboxylic acids is 1. The van der Waals surface area contributed by atoms with Crippen molar-refractivity contribution >= 4 is 44.9 Å². The Balaban J connectivity index is 2.55. The van der Waals surface area contributed by atoms with Crippen molar-refractivity contribution in [2.75, 3.05) is 24.6 Å². The van der Waals surface area contributed by atoms with Crippen molar-refractivity contribution in [3.05, 3.63) is 46.4 Å². The number of nitrogens with zero attached hydrogens (tertiary/aromatic N) is 1. The van der Waals surface area contributed by atoms with E-state index in [1.807, 2.05) is 6.92 Å². The molecule has 0 unspecified atom stereocenters. The molecule has 0 atom stereocenters. The predicted octanol–water partition coefficient (Wildman–Crippen LogP) is 3.68. The van der Waals surface area contributed by atoms with Gasteiger partial charge in [0.25, 0.3) is 10.0 Å². The number of methoxy groups -OCH3 is 1. The zero-order valence-electron chi connectivity index (χ0n) is 14.5. The molecule has 0 heterocycles. The highest BCUT2D eigenvalue weighted by atomic mass is 35.5. The number of halogens is 2. The van der Waals surface area contributed by atoms with Gasteiger partial charge in [-0.2, -0.15) is 0 Å². The number of ether oxygens (including phenoxy) is 2. The van der Waals surface area contributed by atoms with Gasteiger partial charge in [-0.25, -0.2) is 8.42 Å². The van der Waals surface area contributed by atoms with Gasteiger partial charge in [0.05, 0.1) is 24.4 Å². The van der Waals surface area contributed by atoms with Gasteiger partial charge in [0.15, 0.2) is 0 Å². The molecule has 7 nitrogen and oxygen atoms in total. The van der Waals surface area contributed by atoms with E-state index >= 15 is 0 Å². The lowest BCUT2D eigenvalue weighted by Gasteiger charge is -2.24. The van der Waals surface area contributed by atoms with Crippen LogP contribution in [0.3, 0.4) is 0 Å². The third-order valence-electron chi connectivity index (χ3n) is 3.51. The minimum Gasteiger partial charge on any atom is -0.495 e. The van der Waals surface area contributed by atoms with Crippen LogP contribution < -0.4 is 13.8 Å². The highest BCUT2D eigenvalue weighted by Gasteiger charge is 2.30. The Kier molecular flexibility index (Phi) is 6.80. The van der Waals surface area contributed by atoms with Crippen molar-refractivity contribution in [3.63, 3.8) is 0 Å². The molecule has 27 heavy (non-hydrogen) atoms. The van der Waals surface area contributed by atoms with Gasteiger partial charge >= 0.3 is 5.97 Å². The Morgan fingerprint density at radius 2 is 1.74 bits per heavy atom. The molecule has 0 spiro atoms. The molecule has 0 fully saturated rings. The van der Waals surface area contributed by atoms with Crippen molar-refractivity contribution in [2.24, 2.45) is 0 Å². The quantitative estimate of drug-likeness (QED) is 0.682. The van der Waals surface area contributed by atoms with Crippen LogP contribution in [0.2, 0.25) is 10.0 Å². The van der Waals surface area contributed by atoms with Crippen LogP contribution in [0.4, 0.5) is 5.69 Å². The summed E-state index contributed by atoms with van der Waals surface area (Å²) in [4.78, 5) is 10.9. The van der Waals surface area contributed by atoms with Crippen molar-refractivity contribution in [1.82, 2.24) is 0 Å². The first-order valence-corrected chi connectivity index (χ1v) is 9.91. The van der Waals surface area contributed by atoms with E-state index in [0.29, 0.717) is 12.4 Å². The summed E-state index contributed by atoms with van der Waals surface area (Å²) in [5.41, 5.74) is 0.142. The normalized spacial score (nSPS) is 11.1. The fourth-order valence-electron chi connectivity index (χ4n) is 2.30. The van der Waals surface area contributed by atoms with Gasteiger partial charge in [0, 0.05) is 0 Å². The number of hydrogen-bond donors (Lipinski definition) is 1. The summed E-state index contributed by atoms with van der Waals surface area (Å²) in [5.74, 6) is -0.603. The van der Waals surface area contributed by atoms with Gasteiger partial charge in [-0.3, -0.25) is 9.10 Å². The van der Waals surface area contributed by atoms with E-state index < -0.39 is 22.5 Å². The number of rotatable bonds is 8. The first kappa shape index (κ1) is 21.1. The van der Waals surface area contributed by atoms with Gasteiger partial charge in [-0.05, 0) is 43.3 Å². The molecule has 0 aliphatic heterocycles. The lowest BCUT2D eigenvalue weighted by molar-refractivity contribution is -0.135.